The normalized spacial score (nSPS) is 12.9. The van der Waals surface area contributed by atoms with E-state index in [1.54, 1.807) is 6.92 Å². The molecule has 3 nitrogen and oxygen atoms in total. The smallest absolute Gasteiger partial charge is 0.411 e. The number of rotatable bonds is 2. The Morgan fingerprint density at radius 3 is 2.36 bits per heavy atom. The molecular weight excluding hydrogens is 178 g/mol. The number of carbonyl (C=O) groups is 1. The molecule has 0 aromatic carbocycles. The molecule has 1 unspecified atom stereocenters. The minimum atomic E-state index is -0.473. The molecule has 0 aliphatic rings. The van der Waals surface area contributed by atoms with Gasteiger partial charge in [-0.2, -0.15) is 0 Å². The molecule has 14 heavy (non-hydrogen) atoms. The van der Waals surface area contributed by atoms with Crippen LogP contribution in [-0.2, 0) is 4.74 Å². The molecule has 0 heterocycles. The third-order valence-corrected chi connectivity index (χ3v) is 1.68. The maximum atomic E-state index is 11.6. The number of nitrogens with zero attached hydrogens (tertiary/aromatic N) is 1. The van der Waals surface area contributed by atoms with Crippen LogP contribution in [-0.4, -0.2) is 29.2 Å². The molecule has 80 valence electrons. The van der Waals surface area contributed by atoms with Gasteiger partial charge in [-0.25, -0.2) is 4.79 Å². The molecular formula is C11H19NO2. The Balaban J connectivity index is 4.42. The molecule has 1 amide bonds. The van der Waals surface area contributed by atoms with Crippen molar-refractivity contribution in [1.82, 2.24) is 4.90 Å². The maximum absolute atomic E-state index is 11.6. The van der Waals surface area contributed by atoms with E-state index in [0.29, 0.717) is 6.54 Å². The van der Waals surface area contributed by atoms with Gasteiger partial charge in [-0.3, -0.25) is 4.90 Å². The van der Waals surface area contributed by atoms with E-state index in [0.717, 1.165) is 0 Å². The van der Waals surface area contributed by atoms with Crippen LogP contribution in [0, 0.1) is 12.3 Å². The zero-order valence-electron chi connectivity index (χ0n) is 9.63. The monoisotopic (exact) mass is 197 g/mol. The van der Waals surface area contributed by atoms with E-state index < -0.39 is 5.60 Å². The van der Waals surface area contributed by atoms with Crippen molar-refractivity contribution in [2.75, 3.05) is 6.54 Å². The summed E-state index contributed by atoms with van der Waals surface area (Å²) >= 11 is 0. The zero-order chi connectivity index (χ0) is 11.4. The summed E-state index contributed by atoms with van der Waals surface area (Å²) in [7, 11) is 0. The SMILES string of the molecule is C#CC(C)N(CC)C(=O)OC(C)(C)C. The predicted octanol–water partition coefficient (Wildman–Crippen LogP) is 2.27. The standard InChI is InChI=1S/C11H19NO2/c1-7-9(3)12(8-2)10(13)14-11(4,5)6/h1,9H,8H2,2-6H3. The lowest BCUT2D eigenvalue weighted by molar-refractivity contribution is 0.0230. The summed E-state index contributed by atoms with van der Waals surface area (Å²) in [6.45, 7) is 9.73. The average Bonchev–Trinajstić information content (AvgIpc) is 2.01. The second kappa shape index (κ2) is 4.90. The largest absolute Gasteiger partial charge is 0.444 e. The van der Waals surface area contributed by atoms with E-state index in [2.05, 4.69) is 5.92 Å². The molecule has 0 fully saturated rings. The first-order chi connectivity index (χ1) is 6.31. The summed E-state index contributed by atoms with van der Waals surface area (Å²) in [6.07, 6.45) is 4.89. The average molecular weight is 197 g/mol. The topological polar surface area (TPSA) is 29.5 Å². The summed E-state index contributed by atoms with van der Waals surface area (Å²) in [4.78, 5) is 13.1. The first-order valence-electron chi connectivity index (χ1n) is 4.77. The first kappa shape index (κ1) is 12.8. The molecule has 3 heteroatoms. The second-order valence-corrected chi connectivity index (χ2v) is 4.11. The van der Waals surface area contributed by atoms with Crippen molar-refractivity contribution in [3.05, 3.63) is 0 Å². The van der Waals surface area contributed by atoms with Crippen molar-refractivity contribution in [2.45, 2.75) is 46.3 Å². The van der Waals surface area contributed by atoms with Crippen molar-refractivity contribution in [3.8, 4) is 12.3 Å². The lowest BCUT2D eigenvalue weighted by atomic mass is 10.2. The van der Waals surface area contributed by atoms with Crippen LogP contribution in [0.15, 0.2) is 0 Å². The van der Waals surface area contributed by atoms with E-state index in [4.69, 9.17) is 11.2 Å². The molecule has 0 aliphatic carbocycles. The molecule has 0 saturated heterocycles. The minimum absolute atomic E-state index is 0.227. The Kier molecular flexibility index (Phi) is 4.49. The molecule has 1 atom stereocenters. The van der Waals surface area contributed by atoms with Gasteiger partial charge < -0.3 is 4.74 Å². The Hall–Kier alpha value is -1.17. The highest BCUT2D eigenvalue weighted by molar-refractivity contribution is 5.69. The quantitative estimate of drug-likeness (QED) is 0.635. The van der Waals surface area contributed by atoms with Gasteiger partial charge >= 0.3 is 6.09 Å². The summed E-state index contributed by atoms with van der Waals surface area (Å²) < 4.78 is 5.21. The Labute approximate surface area is 86.4 Å². The second-order valence-electron chi connectivity index (χ2n) is 4.11. The molecule has 0 rings (SSSR count). The summed E-state index contributed by atoms with van der Waals surface area (Å²) in [5.74, 6) is 2.51. The van der Waals surface area contributed by atoms with Crippen molar-refractivity contribution < 1.29 is 9.53 Å². The highest BCUT2D eigenvalue weighted by atomic mass is 16.6. The van der Waals surface area contributed by atoms with Gasteiger partial charge in [-0.15, -0.1) is 6.42 Å². The van der Waals surface area contributed by atoms with Crippen LogP contribution in [0.2, 0.25) is 0 Å². The molecule has 0 radical (unpaired) electrons. The summed E-state index contributed by atoms with van der Waals surface area (Å²) in [5.41, 5.74) is -0.473. The number of carbonyl (C=O) groups excluding carboxylic acids is 1. The number of hydrogen-bond donors (Lipinski definition) is 0. The summed E-state index contributed by atoms with van der Waals surface area (Å²) in [6, 6.07) is -0.227. The molecule has 0 spiro atoms. The lowest BCUT2D eigenvalue weighted by Crippen LogP contribution is -2.41. The molecule has 0 saturated carbocycles. The lowest BCUT2D eigenvalue weighted by Gasteiger charge is -2.28. The van der Waals surface area contributed by atoms with Crippen LogP contribution >= 0.6 is 0 Å². The van der Waals surface area contributed by atoms with Crippen LogP contribution in [0.5, 0.6) is 0 Å². The van der Waals surface area contributed by atoms with Crippen molar-refractivity contribution in [3.63, 3.8) is 0 Å². The fourth-order valence-electron chi connectivity index (χ4n) is 0.972. The zero-order valence-corrected chi connectivity index (χ0v) is 9.63. The molecule has 0 aromatic rings. The maximum Gasteiger partial charge on any atom is 0.411 e. The van der Waals surface area contributed by atoms with E-state index in [9.17, 15) is 4.79 Å². The van der Waals surface area contributed by atoms with Gasteiger partial charge in [0.1, 0.15) is 5.60 Å². The number of terminal acetylenes is 1. The third-order valence-electron chi connectivity index (χ3n) is 1.68. The Morgan fingerprint density at radius 1 is 1.57 bits per heavy atom. The van der Waals surface area contributed by atoms with Crippen LogP contribution in [0.3, 0.4) is 0 Å². The fraction of sp³-hybridized carbons (Fsp3) is 0.727. The van der Waals surface area contributed by atoms with Crippen LogP contribution in [0.4, 0.5) is 4.79 Å². The van der Waals surface area contributed by atoms with Crippen LogP contribution in [0.25, 0.3) is 0 Å². The molecule has 0 aliphatic heterocycles. The van der Waals surface area contributed by atoms with E-state index in [1.807, 2.05) is 27.7 Å². The Morgan fingerprint density at radius 2 is 2.07 bits per heavy atom. The van der Waals surface area contributed by atoms with E-state index in [1.165, 1.54) is 4.90 Å². The fourth-order valence-corrected chi connectivity index (χ4v) is 0.972. The molecule has 0 aromatic heterocycles. The Bertz CT molecular complexity index is 235. The molecule has 0 N–H and O–H groups in total. The third kappa shape index (κ3) is 4.18. The summed E-state index contributed by atoms with van der Waals surface area (Å²) in [5, 5.41) is 0. The van der Waals surface area contributed by atoms with Crippen molar-refractivity contribution in [2.24, 2.45) is 0 Å². The van der Waals surface area contributed by atoms with Gasteiger partial charge in [0.2, 0.25) is 0 Å². The van der Waals surface area contributed by atoms with E-state index >= 15 is 0 Å². The van der Waals surface area contributed by atoms with Gasteiger partial charge in [0, 0.05) is 6.54 Å². The van der Waals surface area contributed by atoms with Crippen LogP contribution in [0.1, 0.15) is 34.6 Å². The van der Waals surface area contributed by atoms with Gasteiger partial charge in [0.15, 0.2) is 0 Å². The van der Waals surface area contributed by atoms with Crippen molar-refractivity contribution >= 4 is 6.09 Å². The highest BCUT2D eigenvalue weighted by Crippen LogP contribution is 2.11. The number of amides is 1. The van der Waals surface area contributed by atoms with E-state index in [-0.39, 0.29) is 12.1 Å². The first-order valence-corrected chi connectivity index (χ1v) is 4.77. The molecule has 0 bridgehead atoms. The van der Waals surface area contributed by atoms with Crippen LogP contribution < -0.4 is 0 Å². The number of ether oxygens (including phenoxy) is 1. The highest BCUT2D eigenvalue weighted by Gasteiger charge is 2.23. The number of hydrogen-bond acceptors (Lipinski definition) is 2. The van der Waals surface area contributed by atoms with Gasteiger partial charge in [0.05, 0.1) is 6.04 Å². The van der Waals surface area contributed by atoms with Gasteiger partial charge in [-0.1, -0.05) is 5.92 Å². The van der Waals surface area contributed by atoms with Gasteiger partial charge in [-0.05, 0) is 34.6 Å². The van der Waals surface area contributed by atoms with Gasteiger partial charge in [0.25, 0.3) is 0 Å². The predicted molar refractivity (Wildman–Crippen MR) is 56.9 cm³/mol. The minimum Gasteiger partial charge on any atom is -0.444 e. The van der Waals surface area contributed by atoms with Crippen molar-refractivity contribution in [1.29, 1.82) is 0 Å².